The number of carbonyl (C=O) groups excluding carboxylic acids is 2. The number of halogens is 2. The molecule has 2 aromatic carbocycles. The first kappa shape index (κ1) is 19.4. The number of hydrogen-bond acceptors (Lipinski definition) is 4. The Morgan fingerprint density at radius 3 is 2.62 bits per heavy atom. The van der Waals surface area contributed by atoms with Crippen molar-refractivity contribution in [2.24, 2.45) is 0 Å². The van der Waals surface area contributed by atoms with Gasteiger partial charge in [0.1, 0.15) is 0 Å². The molecule has 2 aromatic heterocycles. The Morgan fingerprint density at radius 2 is 1.90 bits per heavy atom. The molecule has 0 aliphatic heterocycles. The molecule has 29 heavy (non-hydrogen) atoms. The maximum absolute atomic E-state index is 12.2. The third-order valence-corrected chi connectivity index (χ3v) is 5.46. The maximum atomic E-state index is 12.2. The smallest absolute Gasteiger partial charge is 0.253 e. The van der Waals surface area contributed by atoms with Gasteiger partial charge in [0.05, 0.1) is 22.8 Å². The fraction of sp³-hybridized carbons (Fsp3) is 0.0500. The van der Waals surface area contributed by atoms with Gasteiger partial charge in [-0.25, -0.2) is 4.98 Å². The van der Waals surface area contributed by atoms with E-state index in [-0.39, 0.29) is 23.0 Å². The molecule has 146 valence electrons. The molecule has 0 saturated carbocycles. The lowest BCUT2D eigenvalue weighted by molar-refractivity contribution is -0.115. The standard InChI is InChI=1S/C20H14Cl2N4O2S/c21-13-3-6-15(16(22)9-13)19(28)23-10-18(27)24-14-4-1-12(2-5-14)17-11-26-7-8-29-20(26)25-17/h1-9,11H,10H2,(H,23,28)(H,24,27). The molecule has 9 heteroatoms. The van der Waals surface area contributed by atoms with Gasteiger partial charge in [0.2, 0.25) is 5.91 Å². The van der Waals surface area contributed by atoms with Crippen LogP contribution < -0.4 is 10.6 Å². The molecule has 0 atom stereocenters. The highest BCUT2D eigenvalue weighted by Crippen LogP contribution is 2.23. The molecule has 2 N–H and O–H groups in total. The summed E-state index contributed by atoms with van der Waals surface area (Å²) in [6.07, 6.45) is 3.91. The summed E-state index contributed by atoms with van der Waals surface area (Å²) in [6, 6.07) is 11.9. The van der Waals surface area contributed by atoms with E-state index in [0.29, 0.717) is 10.7 Å². The molecule has 0 spiro atoms. The van der Waals surface area contributed by atoms with Crippen LogP contribution in [-0.2, 0) is 4.79 Å². The van der Waals surface area contributed by atoms with Crippen molar-refractivity contribution in [1.82, 2.24) is 14.7 Å². The van der Waals surface area contributed by atoms with Gasteiger partial charge in [0.15, 0.2) is 4.96 Å². The predicted molar refractivity (Wildman–Crippen MR) is 116 cm³/mol. The summed E-state index contributed by atoms with van der Waals surface area (Å²) in [5.74, 6) is -0.796. The molecule has 0 bridgehead atoms. The van der Waals surface area contributed by atoms with Crippen molar-refractivity contribution in [3.63, 3.8) is 0 Å². The van der Waals surface area contributed by atoms with Gasteiger partial charge >= 0.3 is 0 Å². The number of aromatic nitrogens is 2. The molecular weight excluding hydrogens is 431 g/mol. The Labute approximate surface area is 180 Å². The normalized spacial score (nSPS) is 10.8. The summed E-state index contributed by atoms with van der Waals surface area (Å²) < 4.78 is 1.96. The van der Waals surface area contributed by atoms with Crippen molar-refractivity contribution in [3.8, 4) is 11.3 Å². The average Bonchev–Trinajstić information content (AvgIpc) is 3.29. The van der Waals surface area contributed by atoms with Crippen molar-refractivity contribution in [1.29, 1.82) is 0 Å². The van der Waals surface area contributed by atoms with E-state index in [1.54, 1.807) is 29.5 Å². The molecule has 0 aliphatic rings. The minimum atomic E-state index is -0.447. The van der Waals surface area contributed by atoms with E-state index in [0.717, 1.165) is 16.2 Å². The fourth-order valence-electron chi connectivity index (χ4n) is 2.73. The highest BCUT2D eigenvalue weighted by molar-refractivity contribution is 7.15. The Hall–Kier alpha value is -2.87. The second-order valence-corrected chi connectivity index (χ2v) is 7.87. The zero-order chi connectivity index (χ0) is 20.4. The Kier molecular flexibility index (Phi) is 5.53. The Balaban J connectivity index is 1.34. The van der Waals surface area contributed by atoms with Gasteiger partial charge < -0.3 is 10.6 Å². The van der Waals surface area contributed by atoms with Crippen LogP contribution in [0.1, 0.15) is 10.4 Å². The number of rotatable bonds is 5. The van der Waals surface area contributed by atoms with Crippen LogP contribution in [0.2, 0.25) is 10.0 Å². The van der Waals surface area contributed by atoms with E-state index in [4.69, 9.17) is 23.2 Å². The lowest BCUT2D eigenvalue weighted by Gasteiger charge is -2.08. The summed E-state index contributed by atoms with van der Waals surface area (Å²) in [7, 11) is 0. The lowest BCUT2D eigenvalue weighted by atomic mass is 10.1. The maximum Gasteiger partial charge on any atom is 0.253 e. The summed E-state index contributed by atoms with van der Waals surface area (Å²) in [4.78, 5) is 29.8. The molecule has 0 saturated heterocycles. The minimum absolute atomic E-state index is 0.184. The average molecular weight is 445 g/mol. The number of amides is 2. The van der Waals surface area contributed by atoms with Gasteiger partial charge in [-0.2, -0.15) is 0 Å². The van der Waals surface area contributed by atoms with Crippen LogP contribution in [0.4, 0.5) is 5.69 Å². The molecule has 0 radical (unpaired) electrons. The van der Waals surface area contributed by atoms with Crippen LogP contribution in [0.3, 0.4) is 0 Å². The fourth-order valence-corrected chi connectivity index (χ4v) is 3.92. The largest absolute Gasteiger partial charge is 0.343 e. The number of anilines is 1. The lowest BCUT2D eigenvalue weighted by Crippen LogP contribution is -2.33. The molecule has 2 amide bonds. The number of fused-ring (bicyclic) bond motifs is 1. The first-order valence-corrected chi connectivity index (χ1v) is 10.2. The van der Waals surface area contributed by atoms with Crippen molar-refractivity contribution < 1.29 is 9.59 Å². The van der Waals surface area contributed by atoms with E-state index in [1.807, 2.05) is 34.3 Å². The zero-order valence-electron chi connectivity index (χ0n) is 14.9. The minimum Gasteiger partial charge on any atom is -0.343 e. The highest BCUT2D eigenvalue weighted by Gasteiger charge is 2.12. The number of hydrogen-bond donors (Lipinski definition) is 2. The zero-order valence-corrected chi connectivity index (χ0v) is 17.2. The van der Waals surface area contributed by atoms with Gasteiger partial charge in [-0.05, 0) is 30.3 Å². The van der Waals surface area contributed by atoms with Crippen molar-refractivity contribution in [2.75, 3.05) is 11.9 Å². The first-order chi connectivity index (χ1) is 14.0. The number of imidazole rings is 1. The van der Waals surface area contributed by atoms with Crippen LogP contribution in [0.5, 0.6) is 0 Å². The molecule has 6 nitrogen and oxygen atoms in total. The Bertz CT molecular complexity index is 1170. The van der Waals surface area contributed by atoms with Crippen molar-refractivity contribution >= 4 is 57.0 Å². The second kappa shape index (κ2) is 8.24. The van der Waals surface area contributed by atoms with E-state index < -0.39 is 5.91 Å². The van der Waals surface area contributed by atoms with E-state index >= 15 is 0 Å². The number of benzene rings is 2. The van der Waals surface area contributed by atoms with Crippen LogP contribution in [0.25, 0.3) is 16.2 Å². The third kappa shape index (κ3) is 4.42. The van der Waals surface area contributed by atoms with E-state index in [2.05, 4.69) is 15.6 Å². The summed E-state index contributed by atoms with van der Waals surface area (Å²) in [6.45, 7) is -0.184. The topological polar surface area (TPSA) is 75.5 Å². The first-order valence-electron chi connectivity index (χ1n) is 8.55. The summed E-state index contributed by atoms with van der Waals surface area (Å²) >= 11 is 13.4. The van der Waals surface area contributed by atoms with Crippen LogP contribution in [0, 0.1) is 0 Å². The second-order valence-electron chi connectivity index (χ2n) is 6.15. The monoisotopic (exact) mass is 444 g/mol. The van der Waals surface area contributed by atoms with Crippen LogP contribution in [0.15, 0.2) is 60.2 Å². The molecule has 0 aliphatic carbocycles. The molecule has 0 fully saturated rings. The molecule has 2 heterocycles. The van der Waals surface area contributed by atoms with Crippen molar-refractivity contribution in [3.05, 3.63) is 75.8 Å². The van der Waals surface area contributed by atoms with E-state index in [1.165, 1.54) is 12.1 Å². The van der Waals surface area contributed by atoms with Gasteiger partial charge in [-0.1, -0.05) is 35.3 Å². The predicted octanol–water partition coefficient (Wildman–Crippen LogP) is 4.74. The van der Waals surface area contributed by atoms with Gasteiger partial charge in [0, 0.05) is 34.0 Å². The van der Waals surface area contributed by atoms with Crippen molar-refractivity contribution in [2.45, 2.75) is 0 Å². The van der Waals surface area contributed by atoms with Gasteiger partial charge in [0.25, 0.3) is 5.91 Å². The molecule has 4 aromatic rings. The van der Waals surface area contributed by atoms with Gasteiger partial charge in [-0.3, -0.25) is 14.0 Å². The molecule has 0 unspecified atom stereocenters. The molecule has 4 rings (SSSR count). The number of thiazole rings is 1. The quantitative estimate of drug-likeness (QED) is 0.466. The van der Waals surface area contributed by atoms with E-state index in [9.17, 15) is 9.59 Å². The Morgan fingerprint density at radius 1 is 1.10 bits per heavy atom. The number of nitrogens with one attached hydrogen (secondary N) is 2. The third-order valence-electron chi connectivity index (χ3n) is 4.14. The molecular formula is C20H14Cl2N4O2S. The number of nitrogens with zero attached hydrogens (tertiary/aromatic N) is 2. The summed E-state index contributed by atoms with van der Waals surface area (Å²) in [5, 5.41) is 7.92. The SMILES string of the molecule is O=C(CNC(=O)c1ccc(Cl)cc1Cl)Nc1ccc(-c2cn3ccsc3n2)cc1. The van der Waals surface area contributed by atoms with Crippen LogP contribution >= 0.6 is 34.5 Å². The van der Waals surface area contributed by atoms with Gasteiger partial charge in [-0.15, -0.1) is 11.3 Å². The summed E-state index contributed by atoms with van der Waals surface area (Å²) in [5.41, 5.74) is 2.69. The number of carbonyl (C=O) groups is 2. The highest BCUT2D eigenvalue weighted by atomic mass is 35.5. The van der Waals surface area contributed by atoms with Crippen LogP contribution in [-0.4, -0.2) is 27.7 Å².